The Labute approximate surface area is 137 Å². The van der Waals surface area contributed by atoms with Gasteiger partial charge in [-0.2, -0.15) is 0 Å². The lowest BCUT2D eigenvalue weighted by Gasteiger charge is -2.12. The topological polar surface area (TPSA) is 87.7 Å². The summed E-state index contributed by atoms with van der Waals surface area (Å²) in [5.41, 5.74) is 0.441. The number of hydrogen-bond donors (Lipinski definition) is 2. The van der Waals surface area contributed by atoms with Gasteiger partial charge >= 0.3 is 0 Å². The van der Waals surface area contributed by atoms with Crippen molar-refractivity contribution in [3.05, 3.63) is 24.3 Å². The standard InChI is InChI=1S/C13H21N3O4S.ClH/c1-16(2)21(18,19)12-6-4-5-11(9-12)15-13(17)10-14-7-8-20-3;/h4-6,9,14H,7-8,10H2,1-3H3,(H,15,17);1H. The highest BCUT2D eigenvalue weighted by atomic mass is 35.5. The number of nitrogens with one attached hydrogen (secondary N) is 2. The zero-order valence-corrected chi connectivity index (χ0v) is 14.5. The van der Waals surface area contributed by atoms with Crippen molar-refractivity contribution in [1.82, 2.24) is 9.62 Å². The Morgan fingerprint density at radius 3 is 2.59 bits per heavy atom. The lowest BCUT2D eigenvalue weighted by molar-refractivity contribution is -0.115. The van der Waals surface area contributed by atoms with Crippen molar-refractivity contribution in [2.75, 3.05) is 46.2 Å². The maximum absolute atomic E-state index is 12.0. The molecule has 0 saturated carbocycles. The number of carbonyl (C=O) groups is 1. The van der Waals surface area contributed by atoms with E-state index in [2.05, 4.69) is 10.6 Å². The second-order valence-corrected chi connectivity index (χ2v) is 6.68. The van der Waals surface area contributed by atoms with Gasteiger partial charge in [0.25, 0.3) is 0 Å². The molecule has 1 aromatic rings. The van der Waals surface area contributed by atoms with Crippen LogP contribution in [0.1, 0.15) is 0 Å². The van der Waals surface area contributed by atoms with Crippen molar-refractivity contribution in [2.45, 2.75) is 4.90 Å². The van der Waals surface area contributed by atoms with Gasteiger partial charge in [-0.25, -0.2) is 12.7 Å². The van der Waals surface area contributed by atoms with E-state index in [9.17, 15) is 13.2 Å². The van der Waals surface area contributed by atoms with Gasteiger partial charge < -0.3 is 15.4 Å². The molecule has 126 valence electrons. The number of benzene rings is 1. The number of rotatable bonds is 8. The minimum absolute atomic E-state index is 0. The molecular formula is C13H22ClN3O4S. The molecule has 1 amide bonds. The number of carbonyl (C=O) groups excluding carboxylic acids is 1. The highest BCUT2D eigenvalue weighted by Crippen LogP contribution is 2.17. The molecule has 1 aromatic carbocycles. The Hall–Kier alpha value is -1.19. The monoisotopic (exact) mass is 351 g/mol. The third-order valence-electron chi connectivity index (χ3n) is 2.66. The highest BCUT2D eigenvalue weighted by Gasteiger charge is 2.17. The number of hydrogen-bond acceptors (Lipinski definition) is 5. The molecule has 0 atom stereocenters. The van der Waals surface area contributed by atoms with Crippen LogP contribution in [-0.2, 0) is 19.6 Å². The largest absolute Gasteiger partial charge is 0.383 e. The van der Waals surface area contributed by atoms with Crippen molar-refractivity contribution in [2.24, 2.45) is 0 Å². The second kappa shape index (κ2) is 9.75. The van der Waals surface area contributed by atoms with Gasteiger partial charge in [0.05, 0.1) is 18.0 Å². The van der Waals surface area contributed by atoms with Crippen molar-refractivity contribution in [3.8, 4) is 0 Å². The summed E-state index contributed by atoms with van der Waals surface area (Å²) in [6, 6.07) is 6.15. The van der Waals surface area contributed by atoms with Crippen LogP contribution in [0, 0.1) is 0 Å². The molecule has 0 radical (unpaired) electrons. The fourth-order valence-electron chi connectivity index (χ4n) is 1.53. The van der Waals surface area contributed by atoms with Gasteiger partial charge in [0.1, 0.15) is 0 Å². The van der Waals surface area contributed by atoms with E-state index >= 15 is 0 Å². The predicted octanol–water partition coefficient (Wildman–Crippen LogP) is 0.533. The molecule has 2 N–H and O–H groups in total. The summed E-state index contributed by atoms with van der Waals surface area (Å²) in [6.07, 6.45) is 0. The van der Waals surface area contributed by atoms with Gasteiger partial charge in [0.15, 0.2) is 0 Å². The summed E-state index contributed by atoms with van der Waals surface area (Å²) in [7, 11) is 0.989. The predicted molar refractivity (Wildman–Crippen MR) is 87.9 cm³/mol. The molecular weight excluding hydrogens is 330 g/mol. The lowest BCUT2D eigenvalue weighted by atomic mass is 10.3. The molecule has 0 bridgehead atoms. The number of ether oxygens (including phenoxy) is 1. The van der Waals surface area contributed by atoms with Gasteiger partial charge in [0.2, 0.25) is 15.9 Å². The van der Waals surface area contributed by atoms with Crippen molar-refractivity contribution < 1.29 is 17.9 Å². The molecule has 7 nitrogen and oxygen atoms in total. The highest BCUT2D eigenvalue weighted by molar-refractivity contribution is 7.89. The smallest absolute Gasteiger partial charge is 0.242 e. The Kier molecular flexibility index (Phi) is 9.22. The quantitative estimate of drug-likeness (QED) is 0.667. The number of anilines is 1. The van der Waals surface area contributed by atoms with E-state index in [1.807, 2.05) is 0 Å². The minimum atomic E-state index is -3.51. The number of halogens is 1. The molecule has 1 rings (SSSR count). The third-order valence-corrected chi connectivity index (χ3v) is 4.48. The fraction of sp³-hybridized carbons (Fsp3) is 0.462. The first-order valence-corrected chi connectivity index (χ1v) is 7.84. The van der Waals surface area contributed by atoms with E-state index < -0.39 is 10.0 Å². The molecule has 22 heavy (non-hydrogen) atoms. The van der Waals surface area contributed by atoms with Gasteiger partial charge in [-0.3, -0.25) is 4.79 Å². The second-order valence-electron chi connectivity index (χ2n) is 4.53. The normalized spacial score (nSPS) is 11.1. The van der Waals surface area contributed by atoms with Crippen LogP contribution in [0.15, 0.2) is 29.2 Å². The molecule has 0 aliphatic carbocycles. The Morgan fingerprint density at radius 1 is 1.32 bits per heavy atom. The van der Waals surface area contributed by atoms with E-state index in [4.69, 9.17) is 4.74 Å². The molecule has 0 saturated heterocycles. The first-order chi connectivity index (χ1) is 9.87. The SMILES string of the molecule is COCCNCC(=O)Nc1cccc(S(=O)(=O)N(C)C)c1.Cl. The van der Waals surface area contributed by atoms with Crippen molar-refractivity contribution in [1.29, 1.82) is 0 Å². The van der Waals surface area contributed by atoms with Crippen LogP contribution >= 0.6 is 12.4 Å². The Bertz CT molecular complexity index is 578. The van der Waals surface area contributed by atoms with Crippen LogP contribution in [0.4, 0.5) is 5.69 Å². The zero-order chi connectivity index (χ0) is 15.9. The first kappa shape index (κ1) is 20.8. The zero-order valence-electron chi connectivity index (χ0n) is 12.8. The van der Waals surface area contributed by atoms with E-state index in [0.29, 0.717) is 18.8 Å². The van der Waals surface area contributed by atoms with Crippen LogP contribution in [0.3, 0.4) is 0 Å². The first-order valence-electron chi connectivity index (χ1n) is 6.40. The Morgan fingerprint density at radius 2 is 2.00 bits per heavy atom. The van der Waals surface area contributed by atoms with E-state index in [-0.39, 0.29) is 29.8 Å². The summed E-state index contributed by atoms with van der Waals surface area (Å²) < 4.78 is 30.0. The minimum Gasteiger partial charge on any atom is -0.383 e. The van der Waals surface area contributed by atoms with Gasteiger partial charge in [-0.05, 0) is 18.2 Å². The average molecular weight is 352 g/mol. The third kappa shape index (κ3) is 6.29. The Balaban J connectivity index is 0.00000441. The van der Waals surface area contributed by atoms with E-state index in [1.165, 1.54) is 26.2 Å². The maximum Gasteiger partial charge on any atom is 0.242 e. The summed E-state index contributed by atoms with van der Waals surface area (Å²) >= 11 is 0. The molecule has 0 aliphatic rings. The summed E-state index contributed by atoms with van der Waals surface area (Å²) in [6.45, 7) is 1.22. The molecule has 0 fully saturated rings. The van der Waals surface area contributed by atoms with Crippen LogP contribution in [-0.4, -0.2) is 59.5 Å². The molecule has 0 aliphatic heterocycles. The maximum atomic E-state index is 12.0. The molecule has 9 heteroatoms. The van der Waals surface area contributed by atoms with Gasteiger partial charge in [0, 0.05) is 33.4 Å². The van der Waals surface area contributed by atoms with Gasteiger partial charge in [-0.15, -0.1) is 12.4 Å². The van der Waals surface area contributed by atoms with Gasteiger partial charge in [-0.1, -0.05) is 6.07 Å². The average Bonchev–Trinajstić information content (AvgIpc) is 2.43. The molecule has 0 heterocycles. The number of sulfonamides is 1. The molecule has 0 unspecified atom stereocenters. The summed E-state index contributed by atoms with van der Waals surface area (Å²) in [5, 5.41) is 5.55. The number of amides is 1. The molecule has 0 spiro atoms. The van der Waals surface area contributed by atoms with E-state index in [0.717, 1.165) is 4.31 Å². The molecule has 0 aromatic heterocycles. The number of methoxy groups -OCH3 is 1. The van der Waals surface area contributed by atoms with Crippen molar-refractivity contribution in [3.63, 3.8) is 0 Å². The van der Waals surface area contributed by atoms with Crippen molar-refractivity contribution >= 4 is 34.0 Å². The summed E-state index contributed by atoms with van der Waals surface area (Å²) in [4.78, 5) is 11.8. The van der Waals surface area contributed by atoms with Crippen LogP contribution in [0.25, 0.3) is 0 Å². The van der Waals surface area contributed by atoms with Crippen LogP contribution in [0.2, 0.25) is 0 Å². The lowest BCUT2D eigenvalue weighted by Crippen LogP contribution is -2.30. The number of nitrogens with zero attached hydrogens (tertiary/aromatic N) is 1. The van der Waals surface area contributed by atoms with Crippen LogP contribution < -0.4 is 10.6 Å². The summed E-state index contributed by atoms with van der Waals surface area (Å²) in [5.74, 6) is -0.245. The van der Waals surface area contributed by atoms with Crippen LogP contribution in [0.5, 0.6) is 0 Å². The fourth-order valence-corrected chi connectivity index (χ4v) is 2.47. The van der Waals surface area contributed by atoms with E-state index in [1.54, 1.807) is 19.2 Å².